The maximum atomic E-state index is 13.4. The van der Waals surface area contributed by atoms with Gasteiger partial charge in [-0.15, -0.1) is 0 Å². The fourth-order valence-corrected chi connectivity index (χ4v) is 5.18. The summed E-state index contributed by atoms with van der Waals surface area (Å²) < 4.78 is 1.68. The summed E-state index contributed by atoms with van der Waals surface area (Å²) >= 11 is 0. The molecule has 4 aromatic heterocycles. The van der Waals surface area contributed by atoms with E-state index in [0.29, 0.717) is 34.9 Å². The molecule has 4 aromatic rings. The van der Waals surface area contributed by atoms with Crippen LogP contribution >= 0.6 is 0 Å². The van der Waals surface area contributed by atoms with Crippen molar-refractivity contribution in [2.24, 2.45) is 0 Å². The van der Waals surface area contributed by atoms with E-state index < -0.39 is 5.91 Å². The number of aryl methyl sites for hydroxylation is 1. The SMILES string of the molecule is CC(=O)c1c(C)c2cnc(Nc3ccc(N(C)Cc4ccc(C(=O)NO)nc4)cn3)nc2n(C2CCCC2)c1=O. The maximum absolute atomic E-state index is 13.4. The van der Waals surface area contributed by atoms with Crippen molar-refractivity contribution in [3.63, 3.8) is 0 Å². The van der Waals surface area contributed by atoms with Crippen molar-refractivity contribution in [3.05, 3.63) is 75.6 Å². The fraction of sp³-hybridized carbons (Fsp3) is 0.321. The summed E-state index contributed by atoms with van der Waals surface area (Å²) in [5, 5.41) is 12.5. The molecule has 0 radical (unpaired) electrons. The highest BCUT2D eigenvalue weighted by atomic mass is 16.5. The van der Waals surface area contributed by atoms with Gasteiger partial charge in [0.25, 0.3) is 11.5 Å². The smallest absolute Gasteiger partial charge is 0.293 e. The lowest BCUT2D eigenvalue weighted by Gasteiger charge is -2.20. The molecule has 0 spiro atoms. The summed E-state index contributed by atoms with van der Waals surface area (Å²) in [6.07, 6.45) is 8.75. The van der Waals surface area contributed by atoms with E-state index in [1.165, 1.54) is 13.0 Å². The number of rotatable bonds is 8. The van der Waals surface area contributed by atoms with Crippen LogP contribution in [0.5, 0.6) is 0 Å². The summed E-state index contributed by atoms with van der Waals surface area (Å²) in [6.45, 7) is 3.71. The summed E-state index contributed by atoms with van der Waals surface area (Å²) in [5.74, 6) is -0.0833. The zero-order valence-electron chi connectivity index (χ0n) is 22.5. The van der Waals surface area contributed by atoms with E-state index >= 15 is 0 Å². The van der Waals surface area contributed by atoms with Crippen LogP contribution in [0, 0.1) is 6.92 Å². The van der Waals surface area contributed by atoms with Gasteiger partial charge in [0, 0.05) is 37.4 Å². The molecule has 3 N–H and O–H groups in total. The van der Waals surface area contributed by atoms with E-state index in [2.05, 4.69) is 20.3 Å². The molecule has 12 heteroatoms. The Labute approximate surface area is 230 Å². The fourth-order valence-electron chi connectivity index (χ4n) is 5.18. The standard InChI is InChI=1S/C28H30N8O4/c1-16-21-14-31-28(33-25(21)36(19-6-4-5-7-19)27(39)24(16)17(2)37)32-23-11-9-20(13-30-23)35(3)15-18-8-10-22(29-12-18)26(38)34-40/h8-14,19,40H,4-7,15H2,1-3H3,(H,34,38)(H,30,31,32,33). The second-order valence-corrected chi connectivity index (χ2v) is 9.98. The lowest BCUT2D eigenvalue weighted by Crippen LogP contribution is -2.30. The molecule has 0 unspecified atom stereocenters. The third kappa shape index (κ3) is 5.25. The first-order chi connectivity index (χ1) is 19.3. The summed E-state index contributed by atoms with van der Waals surface area (Å²) in [7, 11) is 1.91. The Morgan fingerprint density at radius 3 is 2.48 bits per heavy atom. The lowest BCUT2D eigenvalue weighted by atomic mass is 10.0. The number of pyridine rings is 3. The number of Topliss-reactive ketones (excluding diaryl/α,β-unsaturated/α-hetero) is 1. The van der Waals surface area contributed by atoms with Crippen molar-refractivity contribution in [3.8, 4) is 0 Å². The predicted octanol–water partition coefficient (Wildman–Crippen LogP) is 3.71. The number of anilines is 3. The zero-order chi connectivity index (χ0) is 28.4. The lowest BCUT2D eigenvalue weighted by molar-refractivity contribution is 0.0700. The minimum Gasteiger partial charge on any atom is -0.369 e. The molecule has 0 bridgehead atoms. The molecular formula is C28H30N8O4. The first-order valence-electron chi connectivity index (χ1n) is 13.0. The van der Waals surface area contributed by atoms with Crippen LogP contribution in [0.25, 0.3) is 11.0 Å². The highest BCUT2D eigenvalue weighted by Gasteiger charge is 2.26. The Morgan fingerprint density at radius 1 is 1.07 bits per heavy atom. The van der Waals surface area contributed by atoms with Gasteiger partial charge >= 0.3 is 0 Å². The third-order valence-corrected chi connectivity index (χ3v) is 7.26. The average Bonchev–Trinajstić information content (AvgIpc) is 3.48. The van der Waals surface area contributed by atoms with Crippen LogP contribution in [-0.2, 0) is 6.54 Å². The van der Waals surface area contributed by atoms with Gasteiger partial charge in [-0.05, 0) is 56.0 Å². The number of nitrogens with one attached hydrogen (secondary N) is 2. The largest absolute Gasteiger partial charge is 0.369 e. The van der Waals surface area contributed by atoms with E-state index in [0.717, 1.165) is 36.9 Å². The van der Waals surface area contributed by atoms with Gasteiger partial charge in [-0.3, -0.25) is 29.1 Å². The topological polar surface area (TPSA) is 155 Å². The Morgan fingerprint density at radius 2 is 1.85 bits per heavy atom. The third-order valence-electron chi connectivity index (χ3n) is 7.26. The Bertz CT molecular complexity index is 1630. The van der Waals surface area contributed by atoms with Crippen molar-refractivity contribution < 1.29 is 14.8 Å². The van der Waals surface area contributed by atoms with Gasteiger partial charge in [0.05, 0.1) is 17.4 Å². The molecule has 1 saturated carbocycles. The van der Waals surface area contributed by atoms with Crippen molar-refractivity contribution in [1.29, 1.82) is 0 Å². The molecule has 4 heterocycles. The van der Waals surface area contributed by atoms with Crippen molar-refractivity contribution in [1.82, 2.24) is 30.0 Å². The van der Waals surface area contributed by atoms with Crippen LogP contribution in [0.4, 0.5) is 17.5 Å². The zero-order valence-corrected chi connectivity index (χ0v) is 22.5. The number of hydrogen-bond donors (Lipinski definition) is 3. The Balaban J connectivity index is 1.37. The number of hydroxylamine groups is 1. The van der Waals surface area contributed by atoms with Crippen molar-refractivity contribution in [2.75, 3.05) is 17.3 Å². The van der Waals surface area contributed by atoms with Crippen LogP contribution in [0.15, 0.2) is 47.7 Å². The quantitative estimate of drug-likeness (QED) is 0.170. The van der Waals surface area contributed by atoms with E-state index in [-0.39, 0.29) is 28.6 Å². The Hall–Kier alpha value is -4.71. The molecule has 12 nitrogen and oxygen atoms in total. The number of carbonyl (C=O) groups is 2. The normalized spacial score (nSPS) is 13.4. The van der Waals surface area contributed by atoms with Gasteiger partial charge in [-0.2, -0.15) is 4.98 Å². The van der Waals surface area contributed by atoms with Gasteiger partial charge in [0.2, 0.25) is 5.95 Å². The van der Waals surface area contributed by atoms with E-state index in [1.54, 1.807) is 47.7 Å². The van der Waals surface area contributed by atoms with E-state index in [9.17, 15) is 14.4 Å². The molecule has 0 atom stereocenters. The second-order valence-electron chi connectivity index (χ2n) is 9.98. The van der Waals surface area contributed by atoms with E-state index in [4.69, 9.17) is 10.2 Å². The molecule has 1 amide bonds. The summed E-state index contributed by atoms with van der Waals surface area (Å²) in [6, 6.07) is 7.01. The molecular weight excluding hydrogens is 512 g/mol. The number of hydrogen-bond acceptors (Lipinski definition) is 10. The minimum atomic E-state index is -0.666. The molecule has 1 aliphatic rings. The second kappa shape index (κ2) is 11.2. The van der Waals surface area contributed by atoms with Gasteiger partial charge in [-0.25, -0.2) is 15.4 Å². The molecule has 40 heavy (non-hydrogen) atoms. The van der Waals surface area contributed by atoms with Gasteiger partial charge in [0.1, 0.15) is 17.2 Å². The predicted molar refractivity (Wildman–Crippen MR) is 149 cm³/mol. The number of nitrogens with zero attached hydrogens (tertiary/aromatic N) is 6. The number of amides is 1. The van der Waals surface area contributed by atoms with Crippen molar-refractivity contribution >= 4 is 40.2 Å². The number of ketones is 1. The molecule has 1 fully saturated rings. The first kappa shape index (κ1) is 26.9. The molecule has 206 valence electrons. The minimum absolute atomic E-state index is 0.00244. The summed E-state index contributed by atoms with van der Waals surface area (Å²) in [4.78, 5) is 56.9. The number of carbonyl (C=O) groups excluding carboxylic acids is 2. The van der Waals surface area contributed by atoms with Crippen LogP contribution < -0.4 is 21.3 Å². The molecule has 0 aliphatic heterocycles. The van der Waals surface area contributed by atoms with Crippen molar-refractivity contribution in [2.45, 2.75) is 52.1 Å². The maximum Gasteiger partial charge on any atom is 0.293 e. The number of aromatic nitrogens is 5. The first-order valence-corrected chi connectivity index (χ1v) is 13.0. The molecule has 0 aromatic carbocycles. The van der Waals surface area contributed by atoms with Gasteiger partial charge in [-0.1, -0.05) is 18.9 Å². The highest BCUT2D eigenvalue weighted by molar-refractivity contribution is 5.99. The van der Waals surface area contributed by atoms with Crippen LogP contribution in [0.2, 0.25) is 0 Å². The Kier molecular flexibility index (Phi) is 7.52. The monoisotopic (exact) mass is 542 g/mol. The molecule has 0 saturated heterocycles. The van der Waals surface area contributed by atoms with E-state index in [1.807, 2.05) is 18.0 Å². The average molecular weight is 543 g/mol. The van der Waals surface area contributed by atoms with Crippen LogP contribution in [-0.4, -0.2) is 48.4 Å². The molecule has 1 aliphatic carbocycles. The van der Waals surface area contributed by atoms with Gasteiger partial charge in [0.15, 0.2) is 5.78 Å². The van der Waals surface area contributed by atoms with Crippen LogP contribution in [0.3, 0.4) is 0 Å². The highest BCUT2D eigenvalue weighted by Crippen LogP contribution is 2.32. The van der Waals surface area contributed by atoms with Crippen LogP contribution in [0.1, 0.15) is 70.6 Å². The van der Waals surface area contributed by atoms with Gasteiger partial charge < -0.3 is 10.2 Å². The summed E-state index contributed by atoms with van der Waals surface area (Å²) in [5.41, 5.74) is 4.44. The molecule has 5 rings (SSSR count). The number of fused-ring (bicyclic) bond motifs is 1.